The molecule has 0 atom stereocenters. The predicted octanol–water partition coefficient (Wildman–Crippen LogP) is 2.53. The molecule has 0 bridgehead atoms. The number of aryl methyl sites for hydroxylation is 1. The normalized spacial score (nSPS) is 10.6. The van der Waals surface area contributed by atoms with Gasteiger partial charge in [0.05, 0.1) is 16.9 Å². The highest BCUT2D eigenvalue weighted by molar-refractivity contribution is 6.04. The lowest BCUT2D eigenvalue weighted by Gasteiger charge is -2.13. The van der Waals surface area contributed by atoms with E-state index in [2.05, 4.69) is 10.6 Å². The van der Waals surface area contributed by atoms with Gasteiger partial charge in [0.1, 0.15) is 11.6 Å². The van der Waals surface area contributed by atoms with Crippen molar-refractivity contribution in [3.8, 4) is 0 Å². The van der Waals surface area contributed by atoms with Gasteiger partial charge in [-0.15, -0.1) is 0 Å². The van der Waals surface area contributed by atoms with Crippen molar-refractivity contribution < 1.29 is 19.1 Å². The molecule has 0 aliphatic heterocycles. The first kappa shape index (κ1) is 18.7. The Bertz CT molecular complexity index is 799. The van der Waals surface area contributed by atoms with E-state index >= 15 is 0 Å². The molecule has 6 nitrogen and oxygen atoms in total. The van der Waals surface area contributed by atoms with Gasteiger partial charge in [-0.05, 0) is 37.1 Å². The minimum absolute atomic E-state index is 0.0343. The van der Waals surface area contributed by atoms with Crippen LogP contribution in [-0.4, -0.2) is 34.5 Å². The lowest BCUT2D eigenvalue weighted by molar-refractivity contribution is 0.0951. The van der Waals surface area contributed by atoms with Crippen LogP contribution < -0.4 is 10.6 Å². The Hall–Kier alpha value is -2.67. The Morgan fingerprint density at radius 3 is 2.60 bits per heavy atom. The molecular formula is C18H22FN3O3. The fourth-order valence-corrected chi connectivity index (χ4v) is 2.49. The summed E-state index contributed by atoms with van der Waals surface area (Å²) in [5, 5.41) is 14.4. The van der Waals surface area contributed by atoms with Crippen molar-refractivity contribution in [1.82, 2.24) is 9.88 Å². The third-order valence-electron chi connectivity index (χ3n) is 3.84. The largest absolute Gasteiger partial charge is 0.396 e. The molecule has 0 saturated carbocycles. The fourth-order valence-electron chi connectivity index (χ4n) is 2.49. The molecule has 25 heavy (non-hydrogen) atoms. The lowest BCUT2D eigenvalue weighted by Crippen LogP contribution is -2.25. The molecule has 2 aromatic rings. The summed E-state index contributed by atoms with van der Waals surface area (Å²) in [4.78, 5) is 24.2. The van der Waals surface area contributed by atoms with Crippen LogP contribution >= 0.6 is 0 Å². The number of carbonyl (C=O) groups excluding carboxylic acids is 2. The van der Waals surface area contributed by atoms with E-state index in [1.807, 2.05) is 0 Å². The van der Waals surface area contributed by atoms with Crippen LogP contribution in [0.5, 0.6) is 0 Å². The Morgan fingerprint density at radius 2 is 2.00 bits per heavy atom. The molecule has 1 amide bonds. The van der Waals surface area contributed by atoms with E-state index in [0.29, 0.717) is 24.5 Å². The quantitative estimate of drug-likeness (QED) is 0.531. The number of aromatic nitrogens is 1. The Labute approximate surface area is 145 Å². The maximum Gasteiger partial charge on any atom is 0.255 e. The first-order valence-electron chi connectivity index (χ1n) is 7.98. The number of ketones is 1. The van der Waals surface area contributed by atoms with Crippen molar-refractivity contribution >= 4 is 23.2 Å². The number of hydrogen-bond donors (Lipinski definition) is 3. The summed E-state index contributed by atoms with van der Waals surface area (Å²) in [5.74, 6) is -0.720. The third-order valence-corrected chi connectivity index (χ3v) is 3.84. The van der Waals surface area contributed by atoms with Crippen LogP contribution in [0.25, 0.3) is 0 Å². The molecule has 3 N–H and O–H groups in total. The molecular weight excluding hydrogens is 325 g/mol. The number of nitrogens with zero attached hydrogens (tertiary/aromatic N) is 1. The standard InChI is InChI=1S/C18H22FN3O3/c1-11-5-6-15(14(19)9-11)21-17-13(18(25)20-7-4-8-23)10-16(12(2)24)22(17)3/h5-6,9-10,21,23H,4,7-8H2,1-3H3,(H,20,25). The minimum Gasteiger partial charge on any atom is -0.396 e. The van der Waals surface area contributed by atoms with Gasteiger partial charge < -0.3 is 20.3 Å². The number of nitrogens with one attached hydrogen (secondary N) is 2. The van der Waals surface area contributed by atoms with Crippen LogP contribution in [0.15, 0.2) is 24.3 Å². The fraction of sp³-hybridized carbons (Fsp3) is 0.333. The van der Waals surface area contributed by atoms with E-state index in [9.17, 15) is 14.0 Å². The molecule has 1 aromatic carbocycles. The van der Waals surface area contributed by atoms with Crippen molar-refractivity contribution in [2.45, 2.75) is 20.3 Å². The molecule has 0 saturated heterocycles. The number of hydrogen-bond acceptors (Lipinski definition) is 4. The molecule has 0 radical (unpaired) electrons. The first-order valence-corrected chi connectivity index (χ1v) is 7.98. The van der Waals surface area contributed by atoms with E-state index in [4.69, 9.17) is 5.11 Å². The van der Waals surface area contributed by atoms with E-state index < -0.39 is 11.7 Å². The second-order valence-electron chi connectivity index (χ2n) is 5.85. The number of amides is 1. The molecule has 0 aliphatic carbocycles. The summed E-state index contributed by atoms with van der Waals surface area (Å²) in [7, 11) is 1.63. The van der Waals surface area contributed by atoms with Gasteiger partial charge in [0, 0.05) is 27.1 Å². The van der Waals surface area contributed by atoms with Crippen LogP contribution in [0.3, 0.4) is 0 Å². The third kappa shape index (κ3) is 4.24. The second-order valence-corrected chi connectivity index (χ2v) is 5.85. The molecule has 0 spiro atoms. The summed E-state index contributed by atoms with van der Waals surface area (Å²) >= 11 is 0. The van der Waals surface area contributed by atoms with Gasteiger partial charge in [-0.25, -0.2) is 4.39 Å². The Kier molecular flexibility index (Phi) is 5.93. The van der Waals surface area contributed by atoms with Crippen molar-refractivity contribution in [1.29, 1.82) is 0 Å². The molecule has 0 fully saturated rings. The highest BCUT2D eigenvalue weighted by Crippen LogP contribution is 2.27. The smallest absolute Gasteiger partial charge is 0.255 e. The topological polar surface area (TPSA) is 83.4 Å². The van der Waals surface area contributed by atoms with E-state index in [1.54, 1.807) is 26.1 Å². The zero-order valence-corrected chi connectivity index (χ0v) is 14.5. The number of carbonyl (C=O) groups is 2. The first-order chi connectivity index (χ1) is 11.8. The van der Waals surface area contributed by atoms with Gasteiger partial charge in [0.25, 0.3) is 5.91 Å². The zero-order valence-electron chi connectivity index (χ0n) is 14.5. The molecule has 1 heterocycles. The molecule has 7 heteroatoms. The van der Waals surface area contributed by atoms with Crippen LogP contribution in [0.2, 0.25) is 0 Å². The zero-order chi connectivity index (χ0) is 18.6. The SMILES string of the molecule is CC(=O)c1cc(C(=O)NCCCO)c(Nc2ccc(C)cc2F)n1C. The van der Waals surface area contributed by atoms with Crippen molar-refractivity contribution in [2.24, 2.45) is 7.05 Å². The predicted molar refractivity (Wildman–Crippen MR) is 93.9 cm³/mol. The van der Waals surface area contributed by atoms with Crippen LogP contribution in [0.4, 0.5) is 15.9 Å². The molecule has 2 rings (SSSR count). The summed E-state index contributed by atoms with van der Waals surface area (Å²) in [6, 6.07) is 6.20. The van der Waals surface area contributed by atoms with Gasteiger partial charge in [0.15, 0.2) is 5.78 Å². The molecule has 0 aliphatic rings. The van der Waals surface area contributed by atoms with Crippen molar-refractivity contribution in [3.05, 3.63) is 46.9 Å². The highest BCUT2D eigenvalue weighted by atomic mass is 19.1. The summed E-state index contributed by atoms with van der Waals surface area (Å²) in [6.07, 6.45) is 0.424. The molecule has 0 unspecified atom stereocenters. The maximum atomic E-state index is 14.1. The number of rotatable bonds is 7. The summed E-state index contributed by atoms with van der Waals surface area (Å²) < 4.78 is 15.7. The number of anilines is 2. The van der Waals surface area contributed by atoms with Crippen LogP contribution in [0, 0.1) is 12.7 Å². The Balaban J connectivity index is 2.40. The minimum atomic E-state index is -0.447. The van der Waals surface area contributed by atoms with Crippen LogP contribution in [0.1, 0.15) is 39.8 Å². The van der Waals surface area contributed by atoms with Gasteiger partial charge >= 0.3 is 0 Å². The van der Waals surface area contributed by atoms with Crippen LogP contribution in [-0.2, 0) is 7.05 Å². The maximum absolute atomic E-state index is 14.1. The van der Waals surface area contributed by atoms with Crippen molar-refractivity contribution in [2.75, 3.05) is 18.5 Å². The number of benzene rings is 1. The van der Waals surface area contributed by atoms with Gasteiger partial charge in [-0.2, -0.15) is 0 Å². The van der Waals surface area contributed by atoms with Crippen molar-refractivity contribution in [3.63, 3.8) is 0 Å². The van der Waals surface area contributed by atoms with E-state index in [-0.39, 0.29) is 23.6 Å². The lowest BCUT2D eigenvalue weighted by atomic mass is 10.2. The average Bonchev–Trinajstić information content (AvgIpc) is 2.87. The summed E-state index contributed by atoms with van der Waals surface area (Å²) in [6.45, 7) is 3.45. The second kappa shape index (κ2) is 7.94. The highest BCUT2D eigenvalue weighted by Gasteiger charge is 2.21. The summed E-state index contributed by atoms with van der Waals surface area (Å²) in [5.41, 5.74) is 1.57. The average molecular weight is 347 g/mol. The molecule has 1 aromatic heterocycles. The van der Waals surface area contributed by atoms with E-state index in [1.165, 1.54) is 23.6 Å². The number of aliphatic hydroxyl groups is 1. The number of Topliss-reactive ketones (excluding diaryl/α,β-unsaturated/α-hetero) is 1. The number of aliphatic hydroxyl groups excluding tert-OH is 1. The molecule has 134 valence electrons. The Morgan fingerprint density at radius 1 is 1.28 bits per heavy atom. The number of halogens is 1. The van der Waals surface area contributed by atoms with E-state index in [0.717, 1.165) is 5.56 Å². The monoisotopic (exact) mass is 347 g/mol. The van der Waals surface area contributed by atoms with Gasteiger partial charge in [0.2, 0.25) is 0 Å². The van der Waals surface area contributed by atoms with Gasteiger partial charge in [-0.1, -0.05) is 6.07 Å². The van der Waals surface area contributed by atoms with Gasteiger partial charge in [-0.3, -0.25) is 9.59 Å².